The average Bonchev–Trinajstić information content (AvgIpc) is 3.49. The van der Waals surface area contributed by atoms with E-state index < -0.39 is 37.8 Å². The Kier molecular flexibility index (Phi) is 10.5. The van der Waals surface area contributed by atoms with Crippen LogP contribution in [0.5, 0.6) is 0 Å². The van der Waals surface area contributed by atoms with Crippen molar-refractivity contribution in [1.29, 1.82) is 0 Å². The molecule has 0 fully saturated rings. The van der Waals surface area contributed by atoms with E-state index in [9.17, 15) is 0 Å². The van der Waals surface area contributed by atoms with Crippen molar-refractivity contribution in [1.82, 2.24) is 15.0 Å². The van der Waals surface area contributed by atoms with E-state index >= 15 is 0 Å². The van der Waals surface area contributed by atoms with E-state index in [2.05, 4.69) is 44.4 Å². The number of hydrogen-bond acceptors (Lipinski definition) is 4. The zero-order valence-electron chi connectivity index (χ0n) is 36.2. The molecule has 4 aromatic heterocycles. The first-order valence-electron chi connectivity index (χ1n) is 19.7. The van der Waals surface area contributed by atoms with Gasteiger partial charge in [0.2, 0.25) is 0 Å². The van der Waals surface area contributed by atoms with Gasteiger partial charge in [0.05, 0.1) is 0 Å². The average molecular weight is 913 g/mol. The molecule has 0 saturated carbocycles. The third-order valence-electron chi connectivity index (χ3n) is 7.41. The van der Waals surface area contributed by atoms with Crippen molar-refractivity contribution in [2.24, 2.45) is 17.3 Å². The second-order valence-corrected chi connectivity index (χ2v) is 26.4. The van der Waals surface area contributed by atoms with Crippen molar-refractivity contribution in [3.63, 3.8) is 0 Å². The van der Waals surface area contributed by atoms with Crippen LogP contribution in [0.3, 0.4) is 0 Å². The molecule has 6 heteroatoms. The molecule has 49 heavy (non-hydrogen) atoms. The van der Waals surface area contributed by atoms with Gasteiger partial charge in [-0.3, -0.25) is 0 Å². The van der Waals surface area contributed by atoms with Crippen LogP contribution in [0, 0.1) is 29.4 Å². The van der Waals surface area contributed by atoms with Crippen LogP contribution in [0.1, 0.15) is 73.5 Å². The summed E-state index contributed by atoms with van der Waals surface area (Å²) in [5, 5.41) is 2.00. The second-order valence-electron chi connectivity index (χ2n) is 14.8. The number of nitrogens with zero attached hydrogens (tertiary/aromatic N) is 3. The number of fused-ring (bicyclic) bond motifs is 3. The molecule has 0 aliphatic heterocycles. The zero-order valence-corrected chi connectivity index (χ0v) is 35.6. The normalized spacial score (nSPS) is 14.6. The van der Waals surface area contributed by atoms with Crippen LogP contribution in [0.15, 0.2) is 79.1 Å². The van der Waals surface area contributed by atoms with Crippen molar-refractivity contribution in [3.05, 3.63) is 108 Å². The monoisotopic (exact) mass is 914 g/mol. The summed E-state index contributed by atoms with van der Waals surface area (Å²) in [5.41, 5.74) is 4.48. The summed E-state index contributed by atoms with van der Waals surface area (Å²) in [6, 6.07) is 27.3. The van der Waals surface area contributed by atoms with Gasteiger partial charge in [0, 0.05) is 37.5 Å². The van der Waals surface area contributed by atoms with Crippen molar-refractivity contribution < 1.29 is 28.3 Å². The number of thiophene rings is 1. The molecule has 0 N–H and O–H groups in total. The quantitative estimate of drug-likeness (QED) is 0.113. The number of benzene rings is 2. The van der Waals surface area contributed by atoms with Crippen molar-refractivity contribution >= 4 is 49.3 Å². The minimum absolute atomic E-state index is 0. The molecule has 0 spiro atoms. The molecule has 0 bridgehead atoms. The van der Waals surface area contributed by atoms with Gasteiger partial charge in [0.1, 0.15) is 4.83 Å². The summed E-state index contributed by atoms with van der Waals surface area (Å²) >= 11 is -0.701. The molecule has 1 radical (unpaired) electrons. The first-order chi connectivity index (χ1) is 25.0. The predicted octanol–water partition coefficient (Wildman–Crippen LogP) is 11.4. The Hall–Kier alpha value is -2.70. The SMILES string of the molecule is [2H]C([2H])(c1cc(-c2[c-]cccc2)nc[c]1[Ge]([CH3])([CH3])[CH3])C(C)C.[2H]C([2H])(c1ccc2c(n1)sc1c(-c3cc(C([2H])([2H])C(C)(C)C)ccn3)[c-]ccc12)C(C)C.[Ir]. The maximum absolute atomic E-state index is 8.63. The number of pyridine rings is 3. The number of aromatic nitrogens is 3. The third kappa shape index (κ3) is 10.4. The fraction of sp³-hybridized carbons (Fsp3) is 0.372. The number of hydrogen-bond donors (Lipinski definition) is 0. The molecule has 0 saturated heterocycles. The van der Waals surface area contributed by atoms with E-state index in [1.807, 2.05) is 109 Å². The Morgan fingerprint density at radius 3 is 2.24 bits per heavy atom. The van der Waals surface area contributed by atoms with Gasteiger partial charge >= 0.3 is 128 Å². The molecule has 0 atom stereocenters. The fourth-order valence-electron chi connectivity index (χ4n) is 5.45. The van der Waals surface area contributed by atoms with Gasteiger partial charge in [-0.2, -0.15) is 11.3 Å². The van der Waals surface area contributed by atoms with E-state index in [4.69, 9.17) is 8.22 Å². The summed E-state index contributed by atoms with van der Waals surface area (Å²) in [5.74, 6) is 6.59. The van der Waals surface area contributed by atoms with E-state index in [1.165, 1.54) is 11.3 Å². The van der Waals surface area contributed by atoms with Crippen LogP contribution >= 0.6 is 11.3 Å². The first kappa shape index (κ1) is 31.1. The number of rotatable bonds is 8. The van der Waals surface area contributed by atoms with E-state index in [0.29, 0.717) is 17.0 Å². The van der Waals surface area contributed by atoms with Crippen LogP contribution in [-0.2, 0) is 39.2 Å². The van der Waals surface area contributed by atoms with Gasteiger partial charge in [-0.1, -0.05) is 57.7 Å². The maximum Gasteiger partial charge on any atom is 0.114 e. The van der Waals surface area contributed by atoms with Gasteiger partial charge in [-0.25, -0.2) is 4.98 Å². The van der Waals surface area contributed by atoms with E-state index in [1.54, 1.807) is 18.3 Å². The van der Waals surface area contributed by atoms with E-state index in [0.717, 1.165) is 47.1 Å². The summed E-state index contributed by atoms with van der Waals surface area (Å²) in [4.78, 5) is 14.6. The van der Waals surface area contributed by atoms with Gasteiger partial charge < -0.3 is 4.98 Å². The Labute approximate surface area is 323 Å². The topological polar surface area (TPSA) is 38.7 Å². The van der Waals surface area contributed by atoms with Crippen LogP contribution in [0.2, 0.25) is 17.3 Å². The summed E-state index contributed by atoms with van der Waals surface area (Å²) < 4.78 is 53.3. The molecule has 0 amide bonds. The molecule has 3 nitrogen and oxygen atoms in total. The van der Waals surface area contributed by atoms with Gasteiger partial charge in [0.15, 0.2) is 0 Å². The Morgan fingerprint density at radius 2 is 1.59 bits per heavy atom. The minimum atomic E-state index is -2.20. The third-order valence-corrected chi connectivity index (χ3v) is 12.8. The van der Waals surface area contributed by atoms with Crippen molar-refractivity contribution in [2.75, 3.05) is 0 Å². The minimum Gasteiger partial charge on any atom is -0.305 e. The van der Waals surface area contributed by atoms with Crippen LogP contribution in [0.4, 0.5) is 0 Å². The molecule has 0 aliphatic carbocycles. The summed E-state index contributed by atoms with van der Waals surface area (Å²) in [7, 11) is 0. The second kappa shape index (κ2) is 16.5. The van der Waals surface area contributed by atoms with Crippen LogP contribution in [0.25, 0.3) is 42.8 Å². The van der Waals surface area contributed by atoms with Gasteiger partial charge in [-0.15, -0.1) is 23.8 Å². The zero-order chi connectivity index (χ0) is 40.0. The van der Waals surface area contributed by atoms with Gasteiger partial charge in [-0.05, 0) is 52.0 Å². The molecule has 6 rings (SSSR count). The first-order valence-corrected chi connectivity index (χ1v) is 24.8. The predicted molar refractivity (Wildman–Crippen MR) is 211 cm³/mol. The molecule has 4 heterocycles. The largest absolute Gasteiger partial charge is 0.305 e. The maximum atomic E-state index is 8.63. The van der Waals surface area contributed by atoms with Crippen molar-refractivity contribution in [2.45, 2.75) is 84.9 Å². The molecule has 6 aromatic rings. The fourth-order valence-corrected chi connectivity index (χ4v) is 9.58. The standard InChI is InChI=1S/C25H27N2S.C18H24GeN.Ir/c1-16(2)13-18-9-10-20-19-7-6-8-21(23(19)28-24(20)27-18)22-14-17(11-12-26-22)15-25(3,4)5;1-14(2)11-16-12-18(15-9-7-6-8-10-15)20-13-17(16)19(3,4)5;/h6-7,9-12,14,16H,13,15H2,1-5H3;6-9,12-14H,11H2,1-5H3;/q2*-1;/i13D2,15D2;11D2;. The molecular formula is C43H51GeIrN3S-2. The summed E-state index contributed by atoms with van der Waals surface area (Å²) in [6.45, 7) is 13.3. The summed E-state index contributed by atoms with van der Waals surface area (Å²) in [6.07, 6.45) is -0.806. The Balaban J connectivity index is 0.000000257. The smallest absolute Gasteiger partial charge is 0.114 e. The molecular weight excluding hydrogens is 855 g/mol. The van der Waals surface area contributed by atoms with Crippen LogP contribution in [-0.4, -0.2) is 28.2 Å². The molecule has 259 valence electrons. The van der Waals surface area contributed by atoms with Gasteiger partial charge in [0.25, 0.3) is 0 Å². The van der Waals surface area contributed by atoms with E-state index in [-0.39, 0.29) is 31.9 Å². The Morgan fingerprint density at radius 1 is 0.837 bits per heavy atom. The molecule has 0 unspecified atom stereocenters. The van der Waals surface area contributed by atoms with Crippen molar-refractivity contribution in [3.8, 4) is 22.5 Å². The molecule has 2 aromatic carbocycles. The molecule has 0 aliphatic rings. The van der Waals surface area contributed by atoms with Crippen LogP contribution < -0.4 is 4.40 Å². The Bertz CT molecular complexity index is 2260.